The summed E-state index contributed by atoms with van der Waals surface area (Å²) in [6.45, 7) is 1.46. The number of carbonyl (C=O) groups is 1. The van der Waals surface area contributed by atoms with Crippen molar-refractivity contribution in [1.82, 2.24) is 14.7 Å². The molecule has 1 heterocycles. The number of para-hydroxylation sites is 2. The van der Waals surface area contributed by atoms with Crippen molar-refractivity contribution >= 4 is 46.4 Å². The van der Waals surface area contributed by atoms with Crippen LogP contribution in [0.4, 0.5) is 5.69 Å². The lowest BCUT2D eigenvalue weighted by Gasteiger charge is -2.26. The number of amides is 1. The molecule has 1 aromatic heterocycles. The van der Waals surface area contributed by atoms with Crippen LogP contribution in [0.15, 0.2) is 65.5 Å². The number of alkyl halides is 3. The van der Waals surface area contributed by atoms with Crippen molar-refractivity contribution in [1.29, 1.82) is 0 Å². The molecule has 3 rings (SSSR count). The van der Waals surface area contributed by atoms with Crippen LogP contribution in [-0.4, -0.2) is 31.8 Å². The quantitative estimate of drug-likeness (QED) is 0.396. The largest absolute Gasteiger partial charge is 0.484 e. The van der Waals surface area contributed by atoms with Crippen LogP contribution in [0, 0.1) is 6.92 Å². The van der Waals surface area contributed by atoms with Gasteiger partial charge in [-0.05, 0) is 31.2 Å². The van der Waals surface area contributed by atoms with Crippen LogP contribution in [0.5, 0.6) is 5.75 Å². The second-order valence-electron chi connectivity index (χ2n) is 6.72. The van der Waals surface area contributed by atoms with Crippen molar-refractivity contribution in [3.63, 3.8) is 0 Å². The van der Waals surface area contributed by atoms with Gasteiger partial charge >= 0.3 is 0 Å². The normalized spacial score (nSPS) is 12.3. The predicted molar refractivity (Wildman–Crippen MR) is 124 cm³/mol. The molecule has 0 aliphatic heterocycles. The molecule has 2 aromatic carbocycles. The summed E-state index contributed by atoms with van der Waals surface area (Å²) < 4.78 is 6.64. The topological polar surface area (TPSA) is 77.3 Å². The van der Waals surface area contributed by atoms with E-state index in [1.54, 1.807) is 55.1 Å². The van der Waals surface area contributed by atoms with Crippen LogP contribution in [0.1, 0.15) is 5.69 Å². The summed E-state index contributed by atoms with van der Waals surface area (Å²) >= 11 is 18.2. The molecular formula is C21H21Cl3N4O3. The van der Waals surface area contributed by atoms with Gasteiger partial charge in [-0.15, -0.1) is 0 Å². The molecule has 0 unspecified atom stereocenters. The third-order valence-electron chi connectivity index (χ3n) is 4.59. The number of hydrogen-bond acceptors (Lipinski definition) is 4. The van der Waals surface area contributed by atoms with Crippen molar-refractivity contribution in [2.45, 2.75) is 16.9 Å². The van der Waals surface area contributed by atoms with E-state index < -0.39 is 15.9 Å². The van der Waals surface area contributed by atoms with Crippen molar-refractivity contribution in [3.8, 4) is 11.4 Å². The zero-order valence-corrected chi connectivity index (χ0v) is 19.1. The molecular weight excluding hydrogens is 463 g/mol. The van der Waals surface area contributed by atoms with Crippen LogP contribution >= 0.6 is 34.8 Å². The lowest BCUT2D eigenvalue weighted by Crippen LogP contribution is -2.51. The Morgan fingerprint density at radius 2 is 1.65 bits per heavy atom. The van der Waals surface area contributed by atoms with Gasteiger partial charge in [0.25, 0.3) is 11.5 Å². The summed E-state index contributed by atoms with van der Waals surface area (Å²) in [6, 6.07) is 18.0. The lowest BCUT2D eigenvalue weighted by atomic mass is 10.3. The number of rotatable bonds is 7. The Bertz CT molecular complexity index is 1090. The van der Waals surface area contributed by atoms with Gasteiger partial charge in [-0.3, -0.25) is 14.3 Å². The number of halogens is 3. The molecule has 0 radical (unpaired) electrons. The standard InChI is InChI=1S/C21H21Cl3N4O3/c1-14-18(19(30)28(27(14)2)15-9-5-3-6-10-15)26-20(21(22,23)24)25-17(29)13-31-16-11-7-4-8-12-16/h3-12,20,26H,13H2,1-2H3,(H,25,29)/t20-/m0/s1. The fourth-order valence-electron chi connectivity index (χ4n) is 2.95. The van der Waals surface area contributed by atoms with E-state index in [1.165, 1.54) is 4.68 Å². The molecule has 1 amide bonds. The van der Waals surface area contributed by atoms with Crippen LogP contribution in [-0.2, 0) is 11.8 Å². The number of ether oxygens (including phenoxy) is 1. The first kappa shape index (κ1) is 23.1. The van der Waals surface area contributed by atoms with Crippen molar-refractivity contribution in [3.05, 3.63) is 76.7 Å². The SMILES string of the molecule is Cc1c(N[C@H](NC(=O)COc2ccccc2)C(Cl)(Cl)Cl)c(=O)n(-c2ccccc2)n1C. The molecule has 164 valence electrons. The van der Waals surface area contributed by atoms with E-state index in [2.05, 4.69) is 10.6 Å². The molecule has 1 atom stereocenters. The molecule has 0 saturated carbocycles. The van der Waals surface area contributed by atoms with Gasteiger partial charge in [-0.1, -0.05) is 71.2 Å². The number of aromatic nitrogens is 2. The highest BCUT2D eigenvalue weighted by Crippen LogP contribution is 2.31. The second-order valence-corrected chi connectivity index (χ2v) is 9.09. The van der Waals surface area contributed by atoms with Crippen LogP contribution in [0.25, 0.3) is 5.69 Å². The maximum Gasteiger partial charge on any atom is 0.295 e. The molecule has 0 spiro atoms. The molecule has 0 fully saturated rings. The molecule has 3 aromatic rings. The maximum atomic E-state index is 13.1. The van der Waals surface area contributed by atoms with Gasteiger partial charge in [0.1, 0.15) is 17.6 Å². The number of nitrogens with zero attached hydrogens (tertiary/aromatic N) is 2. The molecule has 0 saturated heterocycles. The Labute approximate surface area is 194 Å². The van der Waals surface area contributed by atoms with E-state index in [-0.39, 0.29) is 17.9 Å². The van der Waals surface area contributed by atoms with E-state index in [4.69, 9.17) is 39.5 Å². The molecule has 10 heteroatoms. The summed E-state index contributed by atoms with van der Waals surface area (Å²) in [4.78, 5) is 25.5. The first-order valence-corrected chi connectivity index (χ1v) is 10.5. The summed E-state index contributed by atoms with van der Waals surface area (Å²) in [5.74, 6) is 0.00495. The average Bonchev–Trinajstić information content (AvgIpc) is 2.95. The fourth-order valence-corrected chi connectivity index (χ4v) is 3.27. The highest BCUT2D eigenvalue weighted by molar-refractivity contribution is 6.68. The van der Waals surface area contributed by atoms with Crippen molar-refractivity contribution < 1.29 is 9.53 Å². The molecule has 2 N–H and O–H groups in total. The third kappa shape index (κ3) is 5.55. The smallest absolute Gasteiger partial charge is 0.295 e. The monoisotopic (exact) mass is 482 g/mol. The van der Waals surface area contributed by atoms with Crippen LogP contribution in [0.2, 0.25) is 0 Å². The fraction of sp³-hybridized carbons (Fsp3) is 0.238. The Morgan fingerprint density at radius 3 is 2.23 bits per heavy atom. The Hall–Kier alpha value is -2.61. The number of anilines is 1. The van der Waals surface area contributed by atoms with E-state index in [1.807, 2.05) is 24.3 Å². The molecule has 7 nitrogen and oxygen atoms in total. The van der Waals surface area contributed by atoms with E-state index in [0.29, 0.717) is 17.1 Å². The number of nitrogens with one attached hydrogen (secondary N) is 2. The molecule has 0 bridgehead atoms. The van der Waals surface area contributed by atoms with Crippen LogP contribution in [0.3, 0.4) is 0 Å². The van der Waals surface area contributed by atoms with Gasteiger partial charge in [0, 0.05) is 7.05 Å². The molecule has 31 heavy (non-hydrogen) atoms. The Balaban J connectivity index is 1.80. The number of carbonyl (C=O) groups excluding carboxylic acids is 1. The highest BCUT2D eigenvalue weighted by Gasteiger charge is 2.35. The van der Waals surface area contributed by atoms with Gasteiger partial charge in [0.15, 0.2) is 6.61 Å². The minimum atomic E-state index is -1.94. The van der Waals surface area contributed by atoms with E-state index >= 15 is 0 Å². The second kappa shape index (κ2) is 9.68. The molecule has 0 aliphatic rings. The van der Waals surface area contributed by atoms with Gasteiger partial charge in [0.2, 0.25) is 3.79 Å². The van der Waals surface area contributed by atoms with E-state index in [0.717, 1.165) is 0 Å². The Kier molecular flexibility index (Phi) is 7.20. The van der Waals surface area contributed by atoms with Gasteiger partial charge in [0.05, 0.1) is 11.4 Å². The summed E-state index contributed by atoms with van der Waals surface area (Å²) in [5, 5.41) is 5.45. The van der Waals surface area contributed by atoms with Crippen molar-refractivity contribution in [2.24, 2.45) is 7.05 Å². The zero-order chi connectivity index (χ0) is 22.6. The predicted octanol–water partition coefficient (Wildman–Crippen LogP) is 3.79. The summed E-state index contributed by atoms with van der Waals surface area (Å²) in [5.41, 5.74) is 1.13. The summed E-state index contributed by atoms with van der Waals surface area (Å²) in [6.07, 6.45) is -1.18. The van der Waals surface area contributed by atoms with Gasteiger partial charge in [-0.25, -0.2) is 4.68 Å². The first-order valence-electron chi connectivity index (χ1n) is 9.33. The third-order valence-corrected chi connectivity index (χ3v) is 5.24. The number of hydrogen-bond donors (Lipinski definition) is 2. The van der Waals surface area contributed by atoms with Gasteiger partial charge in [-0.2, -0.15) is 0 Å². The number of benzene rings is 2. The molecule has 0 aliphatic carbocycles. The first-order chi connectivity index (χ1) is 14.7. The minimum absolute atomic E-state index is 0.201. The maximum absolute atomic E-state index is 13.1. The highest BCUT2D eigenvalue weighted by atomic mass is 35.6. The zero-order valence-electron chi connectivity index (χ0n) is 16.8. The van der Waals surface area contributed by atoms with Gasteiger partial charge < -0.3 is 15.4 Å². The average molecular weight is 484 g/mol. The van der Waals surface area contributed by atoms with Crippen molar-refractivity contribution in [2.75, 3.05) is 11.9 Å². The summed E-state index contributed by atoms with van der Waals surface area (Å²) in [7, 11) is 1.74. The van der Waals surface area contributed by atoms with E-state index in [9.17, 15) is 9.59 Å². The minimum Gasteiger partial charge on any atom is -0.484 e. The van der Waals surface area contributed by atoms with Crippen LogP contribution < -0.4 is 20.9 Å². The Morgan fingerprint density at radius 1 is 1.06 bits per heavy atom. The lowest BCUT2D eigenvalue weighted by molar-refractivity contribution is -0.123.